The summed E-state index contributed by atoms with van der Waals surface area (Å²) in [6, 6.07) is 5.70. The molecule has 1 atom stereocenters. The Hall–Kier alpha value is -1.39. The van der Waals surface area contributed by atoms with E-state index in [2.05, 4.69) is 17.0 Å². The van der Waals surface area contributed by atoms with Crippen LogP contribution in [0.1, 0.15) is 42.6 Å². The molecule has 2 N–H and O–H groups in total. The molecule has 20 heavy (non-hydrogen) atoms. The zero-order valence-electron chi connectivity index (χ0n) is 11.8. The molecule has 0 spiro atoms. The molecular weight excluding hydrogens is 272 g/mol. The first-order valence-corrected chi connectivity index (χ1v) is 7.29. The van der Waals surface area contributed by atoms with Crippen LogP contribution in [0.15, 0.2) is 24.4 Å². The van der Waals surface area contributed by atoms with Crippen LogP contribution in [0.3, 0.4) is 0 Å². The first kappa shape index (κ1) is 13.6. The molecule has 0 saturated heterocycles. The lowest BCUT2D eigenvalue weighted by Crippen LogP contribution is -2.34. The maximum Gasteiger partial charge on any atom is 0.129 e. The zero-order valence-corrected chi connectivity index (χ0v) is 12.6. The van der Waals surface area contributed by atoms with E-state index < -0.39 is 0 Å². The molecule has 106 valence electrons. The molecule has 2 aromatic heterocycles. The minimum absolute atomic E-state index is 0.350. The van der Waals surface area contributed by atoms with Crippen LogP contribution in [0.4, 0.5) is 0 Å². The van der Waals surface area contributed by atoms with Crippen LogP contribution in [0.25, 0.3) is 0 Å². The average Bonchev–Trinajstić information content (AvgIpc) is 3.20. The Bertz CT molecular complexity index is 633. The highest BCUT2D eigenvalue weighted by Crippen LogP contribution is 2.45. The van der Waals surface area contributed by atoms with Crippen LogP contribution in [0.2, 0.25) is 5.15 Å². The summed E-state index contributed by atoms with van der Waals surface area (Å²) in [5, 5.41) is 4.94. The van der Waals surface area contributed by atoms with Crippen LogP contribution in [0.5, 0.6) is 0 Å². The van der Waals surface area contributed by atoms with Crippen LogP contribution in [0, 0.1) is 0 Å². The highest BCUT2D eigenvalue weighted by Gasteiger charge is 2.38. The van der Waals surface area contributed by atoms with Gasteiger partial charge < -0.3 is 5.73 Å². The number of nitrogens with zero attached hydrogens (tertiary/aromatic N) is 3. The van der Waals surface area contributed by atoms with Crippen molar-refractivity contribution in [2.45, 2.75) is 31.1 Å². The standard InChI is InChI=1S/C15H19ClN4/c1-15(9-17,12-4-3-5-13(16)19-12)11-8-18-20(2)14(11)10-6-7-10/h3-5,8,10H,6-7,9,17H2,1-2H3. The van der Waals surface area contributed by atoms with E-state index in [1.807, 2.05) is 30.1 Å². The number of aromatic nitrogens is 3. The summed E-state index contributed by atoms with van der Waals surface area (Å²) in [5.41, 5.74) is 9.13. The van der Waals surface area contributed by atoms with Crippen LogP contribution < -0.4 is 5.73 Å². The van der Waals surface area contributed by atoms with Gasteiger partial charge in [0, 0.05) is 30.8 Å². The number of pyridine rings is 1. The van der Waals surface area contributed by atoms with Crippen molar-refractivity contribution in [3.05, 3.63) is 46.5 Å². The highest BCUT2D eigenvalue weighted by atomic mass is 35.5. The SMILES string of the molecule is Cn1ncc(C(C)(CN)c2cccc(Cl)n2)c1C1CC1. The number of aryl methyl sites for hydroxylation is 1. The van der Waals surface area contributed by atoms with E-state index >= 15 is 0 Å². The fraction of sp³-hybridized carbons (Fsp3) is 0.467. The maximum absolute atomic E-state index is 6.10. The van der Waals surface area contributed by atoms with Gasteiger partial charge in [-0.2, -0.15) is 5.10 Å². The van der Waals surface area contributed by atoms with E-state index in [4.69, 9.17) is 17.3 Å². The molecule has 0 radical (unpaired) electrons. The molecule has 3 rings (SSSR count). The Morgan fingerprint density at radius 3 is 2.80 bits per heavy atom. The van der Waals surface area contributed by atoms with Gasteiger partial charge in [0.15, 0.2) is 0 Å². The smallest absolute Gasteiger partial charge is 0.129 e. The van der Waals surface area contributed by atoms with Gasteiger partial charge in [-0.05, 0) is 31.9 Å². The maximum atomic E-state index is 6.10. The third-order valence-corrected chi connectivity index (χ3v) is 4.44. The fourth-order valence-electron chi connectivity index (χ4n) is 2.78. The molecule has 0 amide bonds. The van der Waals surface area contributed by atoms with Crippen molar-refractivity contribution in [3.63, 3.8) is 0 Å². The second-order valence-corrected chi connectivity index (χ2v) is 6.11. The summed E-state index contributed by atoms with van der Waals surface area (Å²) in [6.45, 7) is 2.60. The molecule has 1 aliphatic carbocycles. The summed E-state index contributed by atoms with van der Waals surface area (Å²) in [6.07, 6.45) is 4.40. The van der Waals surface area contributed by atoms with Gasteiger partial charge in [0.1, 0.15) is 5.15 Å². The summed E-state index contributed by atoms with van der Waals surface area (Å²) < 4.78 is 1.98. The normalized spacial score (nSPS) is 18.0. The van der Waals surface area contributed by atoms with Gasteiger partial charge in [-0.25, -0.2) is 4.98 Å². The van der Waals surface area contributed by atoms with Gasteiger partial charge >= 0.3 is 0 Å². The molecule has 1 unspecified atom stereocenters. The lowest BCUT2D eigenvalue weighted by atomic mass is 9.78. The lowest BCUT2D eigenvalue weighted by Gasteiger charge is -2.28. The van der Waals surface area contributed by atoms with Crippen LogP contribution >= 0.6 is 11.6 Å². The molecule has 4 nitrogen and oxygen atoms in total. The molecule has 0 aliphatic heterocycles. The van der Waals surface area contributed by atoms with Gasteiger partial charge in [0.25, 0.3) is 0 Å². The van der Waals surface area contributed by atoms with E-state index in [1.54, 1.807) is 6.07 Å². The summed E-state index contributed by atoms with van der Waals surface area (Å²) >= 11 is 6.04. The second-order valence-electron chi connectivity index (χ2n) is 5.72. The number of hydrogen-bond donors (Lipinski definition) is 1. The second kappa shape index (κ2) is 4.86. The van der Waals surface area contributed by atoms with Crippen LogP contribution in [-0.2, 0) is 12.5 Å². The number of hydrogen-bond acceptors (Lipinski definition) is 3. The number of nitrogens with two attached hydrogens (primary N) is 1. The molecule has 2 aromatic rings. The van der Waals surface area contributed by atoms with Crippen molar-refractivity contribution in [3.8, 4) is 0 Å². The molecule has 1 aliphatic rings. The Kier molecular flexibility index (Phi) is 3.30. The predicted molar refractivity (Wildman–Crippen MR) is 79.9 cm³/mol. The average molecular weight is 291 g/mol. The van der Waals surface area contributed by atoms with E-state index in [1.165, 1.54) is 24.1 Å². The van der Waals surface area contributed by atoms with Crippen molar-refractivity contribution >= 4 is 11.6 Å². The third kappa shape index (κ3) is 2.13. The topological polar surface area (TPSA) is 56.7 Å². The number of rotatable bonds is 4. The van der Waals surface area contributed by atoms with Gasteiger partial charge in [-0.1, -0.05) is 17.7 Å². The Morgan fingerprint density at radius 2 is 2.20 bits per heavy atom. The first-order chi connectivity index (χ1) is 9.56. The Morgan fingerprint density at radius 1 is 1.45 bits per heavy atom. The van der Waals surface area contributed by atoms with E-state index in [9.17, 15) is 0 Å². The van der Waals surface area contributed by atoms with E-state index in [0.717, 1.165) is 5.69 Å². The zero-order chi connectivity index (χ0) is 14.3. The molecule has 1 saturated carbocycles. The van der Waals surface area contributed by atoms with Gasteiger partial charge in [-0.3, -0.25) is 4.68 Å². The predicted octanol–water partition coefficient (Wildman–Crippen LogP) is 2.61. The summed E-state index contributed by atoms with van der Waals surface area (Å²) in [5.74, 6) is 0.613. The van der Waals surface area contributed by atoms with Crippen molar-refractivity contribution in [2.75, 3.05) is 6.54 Å². The molecule has 0 bridgehead atoms. The van der Waals surface area contributed by atoms with Gasteiger partial charge in [0.05, 0.1) is 17.3 Å². The molecular formula is C15H19ClN4. The Labute approximate surface area is 124 Å². The minimum atomic E-state index is -0.350. The minimum Gasteiger partial charge on any atom is -0.329 e. The van der Waals surface area contributed by atoms with Gasteiger partial charge in [-0.15, -0.1) is 0 Å². The van der Waals surface area contributed by atoms with Crippen molar-refractivity contribution in [1.82, 2.24) is 14.8 Å². The quantitative estimate of drug-likeness (QED) is 0.881. The third-order valence-electron chi connectivity index (χ3n) is 4.23. The lowest BCUT2D eigenvalue weighted by molar-refractivity contribution is 0.555. The number of halogens is 1. The summed E-state index contributed by atoms with van der Waals surface area (Å²) in [7, 11) is 2.00. The highest BCUT2D eigenvalue weighted by molar-refractivity contribution is 6.29. The molecule has 5 heteroatoms. The fourth-order valence-corrected chi connectivity index (χ4v) is 2.94. The largest absolute Gasteiger partial charge is 0.329 e. The molecule has 0 aromatic carbocycles. The van der Waals surface area contributed by atoms with Crippen molar-refractivity contribution in [2.24, 2.45) is 12.8 Å². The first-order valence-electron chi connectivity index (χ1n) is 6.91. The monoisotopic (exact) mass is 290 g/mol. The van der Waals surface area contributed by atoms with Crippen LogP contribution in [-0.4, -0.2) is 21.3 Å². The summed E-state index contributed by atoms with van der Waals surface area (Å²) in [4.78, 5) is 4.47. The van der Waals surface area contributed by atoms with Gasteiger partial charge in [0.2, 0.25) is 0 Å². The Balaban J connectivity index is 2.13. The van der Waals surface area contributed by atoms with E-state index in [-0.39, 0.29) is 5.41 Å². The van der Waals surface area contributed by atoms with Crippen molar-refractivity contribution in [1.29, 1.82) is 0 Å². The van der Waals surface area contributed by atoms with E-state index in [0.29, 0.717) is 17.6 Å². The molecule has 1 fully saturated rings. The molecule has 2 heterocycles. The van der Waals surface area contributed by atoms with Crippen molar-refractivity contribution < 1.29 is 0 Å².